The molecule has 4 aromatic rings. The molecule has 192 valence electrons. The van der Waals surface area contributed by atoms with Gasteiger partial charge in [0.1, 0.15) is 6.04 Å². The van der Waals surface area contributed by atoms with Crippen molar-refractivity contribution >= 4 is 34.7 Å². The zero-order chi connectivity index (χ0) is 26.1. The van der Waals surface area contributed by atoms with Crippen molar-refractivity contribution in [2.45, 2.75) is 12.1 Å². The number of aromatic carboxylic acids is 1. The number of nitrogens with one attached hydrogen (secondary N) is 1. The number of benzene rings is 2. The van der Waals surface area contributed by atoms with Crippen molar-refractivity contribution in [3.8, 4) is 5.69 Å². The van der Waals surface area contributed by atoms with Crippen LogP contribution in [-0.4, -0.2) is 52.0 Å². The second-order valence-electron chi connectivity index (χ2n) is 9.27. The molecule has 38 heavy (non-hydrogen) atoms. The van der Waals surface area contributed by atoms with Crippen molar-refractivity contribution < 1.29 is 14.6 Å². The van der Waals surface area contributed by atoms with Crippen LogP contribution in [0.4, 0.5) is 11.4 Å². The number of carbonyl (C=O) groups is 1. The predicted octanol–water partition coefficient (Wildman–Crippen LogP) is 4.58. The number of carboxylic acids is 1. The third kappa shape index (κ3) is 4.51. The minimum Gasteiger partial charge on any atom is -0.478 e. The number of aromatic nitrogens is 2. The standard InChI is InChI=1S/C29H27N5O3S/c35-28(36)20-6-8-22(9-7-20)33-15-3-5-25(33)27-26(24-4-1-2-14-30-24)31-29(38)34(27)23-12-10-21(11-13-23)32-16-18-37-19-17-32/h1-15,26-27H,16-19H2,(H,31,38)(H,35,36). The molecule has 2 saturated heterocycles. The van der Waals surface area contributed by atoms with Gasteiger partial charge in [0.15, 0.2) is 5.11 Å². The second-order valence-corrected chi connectivity index (χ2v) is 9.65. The van der Waals surface area contributed by atoms with Crippen LogP contribution in [0.3, 0.4) is 0 Å². The molecule has 2 aliphatic heterocycles. The minimum absolute atomic E-state index is 0.186. The van der Waals surface area contributed by atoms with Gasteiger partial charge in [-0.05, 0) is 85.0 Å². The summed E-state index contributed by atoms with van der Waals surface area (Å²) in [6.45, 7) is 3.23. The summed E-state index contributed by atoms with van der Waals surface area (Å²) in [5, 5.41) is 13.5. The number of carboxylic acid groups (broad SMARTS) is 1. The van der Waals surface area contributed by atoms with Gasteiger partial charge in [-0.3, -0.25) is 4.98 Å². The third-order valence-electron chi connectivity index (χ3n) is 7.08. The first-order chi connectivity index (χ1) is 18.6. The van der Waals surface area contributed by atoms with Gasteiger partial charge < -0.3 is 29.5 Å². The molecule has 2 N–H and O–H groups in total. The first-order valence-electron chi connectivity index (χ1n) is 12.5. The Morgan fingerprint density at radius 2 is 1.63 bits per heavy atom. The summed E-state index contributed by atoms with van der Waals surface area (Å²) < 4.78 is 7.58. The first kappa shape index (κ1) is 24.1. The predicted molar refractivity (Wildman–Crippen MR) is 150 cm³/mol. The highest BCUT2D eigenvalue weighted by atomic mass is 32.1. The molecule has 0 radical (unpaired) electrons. The Morgan fingerprint density at radius 3 is 2.32 bits per heavy atom. The van der Waals surface area contributed by atoms with Crippen molar-refractivity contribution in [2.24, 2.45) is 0 Å². The Bertz CT molecular complexity index is 1430. The molecule has 4 heterocycles. The summed E-state index contributed by atoms with van der Waals surface area (Å²) in [6, 6.07) is 25.0. The van der Waals surface area contributed by atoms with Crippen molar-refractivity contribution in [2.75, 3.05) is 36.1 Å². The van der Waals surface area contributed by atoms with Crippen LogP contribution in [0.1, 0.15) is 33.8 Å². The quantitative estimate of drug-likeness (QED) is 0.354. The number of pyridine rings is 1. The fourth-order valence-electron chi connectivity index (χ4n) is 5.21. The van der Waals surface area contributed by atoms with E-state index in [1.54, 1.807) is 18.3 Å². The maximum absolute atomic E-state index is 11.4. The molecule has 2 aromatic heterocycles. The first-order valence-corrected chi connectivity index (χ1v) is 13.0. The number of hydrogen-bond donors (Lipinski definition) is 2. The van der Waals surface area contributed by atoms with Gasteiger partial charge in [0.25, 0.3) is 0 Å². The largest absolute Gasteiger partial charge is 0.478 e. The zero-order valence-corrected chi connectivity index (χ0v) is 21.4. The highest BCUT2D eigenvalue weighted by molar-refractivity contribution is 7.80. The van der Waals surface area contributed by atoms with E-state index in [2.05, 4.69) is 55.0 Å². The van der Waals surface area contributed by atoms with Gasteiger partial charge in [-0.15, -0.1) is 0 Å². The van der Waals surface area contributed by atoms with Gasteiger partial charge in [0.2, 0.25) is 0 Å². The molecule has 2 aliphatic rings. The number of nitrogens with zero attached hydrogens (tertiary/aromatic N) is 4. The van der Waals surface area contributed by atoms with Gasteiger partial charge in [0, 0.05) is 48.2 Å². The summed E-state index contributed by atoms with van der Waals surface area (Å²) in [5.74, 6) is -0.948. The molecule has 8 nitrogen and oxygen atoms in total. The molecule has 2 aromatic carbocycles. The van der Waals surface area contributed by atoms with Crippen molar-refractivity contribution in [1.29, 1.82) is 0 Å². The molecular weight excluding hydrogens is 498 g/mol. The average molecular weight is 526 g/mol. The summed E-state index contributed by atoms with van der Waals surface area (Å²) >= 11 is 5.90. The molecule has 2 unspecified atom stereocenters. The van der Waals surface area contributed by atoms with Crippen LogP contribution in [0.25, 0.3) is 5.69 Å². The van der Waals surface area contributed by atoms with E-state index in [1.807, 2.05) is 42.6 Å². The van der Waals surface area contributed by atoms with Gasteiger partial charge >= 0.3 is 5.97 Å². The summed E-state index contributed by atoms with van der Waals surface area (Å²) in [7, 11) is 0. The van der Waals surface area contributed by atoms with E-state index in [9.17, 15) is 9.90 Å². The lowest BCUT2D eigenvalue weighted by atomic mass is 10.0. The molecule has 9 heteroatoms. The van der Waals surface area contributed by atoms with Gasteiger partial charge in [-0.25, -0.2) is 4.79 Å². The van der Waals surface area contributed by atoms with E-state index in [0.717, 1.165) is 54.8 Å². The van der Waals surface area contributed by atoms with Crippen molar-refractivity contribution in [3.05, 3.63) is 108 Å². The number of rotatable bonds is 6. The van der Waals surface area contributed by atoms with Crippen LogP contribution in [0, 0.1) is 0 Å². The van der Waals surface area contributed by atoms with Crippen LogP contribution in [-0.2, 0) is 4.74 Å². The van der Waals surface area contributed by atoms with E-state index >= 15 is 0 Å². The van der Waals surface area contributed by atoms with Crippen molar-refractivity contribution in [1.82, 2.24) is 14.9 Å². The van der Waals surface area contributed by atoms with Crippen LogP contribution in [0.2, 0.25) is 0 Å². The fraction of sp³-hybridized carbons (Fsp3) is 0.207. The van der Waals surface area contributed by atoms with Crippen LogP contribution in [0.15, 0.2) is 91.3 Å². The Kier molecular flexibility index (Phi) is 6.53. The summed E-state index contributed by atoms with van der Waals surface area (Å²) in [6.07, 6.45) is 3.78. The molecule has 0 spiro atoms. The maximum atomic E-state index is 11.4. The lowest BCUT2D eigenvalue weighted by Gasteiger charge is -2.31. The third-order valence-corrected chi connectivity index (χ3v) is 7.39. The van der Waals surface area contributed by atoms with Gasteiger partial charge in [-0.1, -0.05) is 6.07 Å². The number of hydrogen-bond acceptors (Lipinski definition) is 5. The number of morpholine rings is 1. The number of anilines is 2. The van der Waals surface area contributed by atoms with E-state index in [-0.39, 0.29) is 17.6 Å². The fourth-order valence-corrected chi connectivity index (χ4v) is 5.56. The van der Waals surface area contributed by atoms with E-state index in [0.29, 0.717) is 5.11 Å². The molecule has 6 rings (SSSR count). The molecule has 0 amide bonds. The highest BCUT2D eigenvalue weighted by Crippen LogP contribution is 2.42. The zero-order valence-electron chi connectivity index (χ0n) is 20.6. The lowest BCUT2D eigenvalue weighted by molar-refractivity contribution is 0.0697. The molecule has 0 aliphatic carbocycles. The molecular formula is C29H27N5O3S. The van der Waals surface area contributed by atoms with Crippen LogP contribution in [0.5, 0.6) is 0 Å². The summed E-state index contributed by atoms with van der Waals surface area (Å²) in [4.78, 5) is 20.5. The lowest BCUT2D eigenvalue weighted by Crippen LogP contribution is -2.36. The molecule has 2 atom stereocenters. The monoisotopic (exact) mass is 525 g/mol. The SMILES string of the molecule is O=C(O)c1ccc(-n2cccc2C2C(c3ccccn3)NC(=S)N2c2ccc(N3CCOCC3)cc2)cc1. The average Bonchev–Trinajstić information content (AvgIpc) is 3.58. The highest BCUT2D eigenvalue weighted by Gasteiger charge is 2.42. The molecule has 2 fully saturated rings. The van der Waals surface area contributed by atoms with E-state index in [1.165, 1.54) is 0 Å². The van der Waals surface area contributed by atoms with Crippen molar-refractivity contribution in [3.63, 3.8) is 0 Å². The molecule has 0 bridgehead atoms. The summed E-state index contributed by atoms with van der Waals surface area (Å²) in [5.41, 5.74) is 5.16. The number of thiocarbonyl (C=S) groups is 1. The van der Waals surface area contributed by atoms with Gasteiger partial charge in [-0.2, -0.15) is 0 Å². The van der Waals surface area contributed by atoms with Gasteiger partial charge in [0.05, 0.1) is 30.5 Å². The van der Waals surface area contributed by atoms with Crippen LogP contribution >= 0.6 is 12.2 Å². The Hall–Kier alpha value is -4.21. The second kappa shape index (κ2) is 10.3. The minimum atomic E-state index is -0.948. The molecule has 0 saturated carbocycles. The Morgan fingerprint density at radius 1 is 0.921 bits per heavy atom. The van der Waals surface area contributed by atoms with Crippen LogP contribution < -0.4 is 15.1 Å². The van der Waals surface area contributed by atoms with E-state index < -0.39 is 5.97 Å². The Balaban J connectivity index is 1.40. The topological polar surface area (TPSA) is 82.9 Å². The maximum Gasteiger partial charge on any atom is 0.335 e. The Labute approximate surface area is 226 Å². The normalized spacial score (nSPS) is 19.4. The van der Waals surface area contributed by atoms with E-state index in [4.69, 9.17) is 17.0 Å². The number of ether oxygens (including phenoxy) is 1. The smallest absolute Gasteiger partial charge is 0.335 e.